The highest BCUT2D eigenvalue weighted by Crippen LogP contribution is 2.42. The first-order chi connectivity index (χ1) is 8.79. The van der Waals surface area contributed by atoms with E-state index in [0.717, 1.165) is 0 Å². The fraction of sp³-hybridized carbons (Fsp3) is 1.00. The Morgan fingerprint density at radius 1 is 1.05 bits per heavy atom. The van der Waals surface area contributed by atoms with Crippen molar-refractivity contribution in [2.45, 2.75) is 41.9 Å². The molecule has 2 rings (SSSR count). The summed E-state index contributed by atoms with van der Waals surface area (Å²) in [7, 11) is 0. The predicted octanol–water partition coefficient (Wildman–Crippen LogP) is -4.73. The van der Waals surface area contributed by atoms with E-state index in [2.05, 4.69) is 0 Å². The van der Waals surface area contributed by atoms with Gasteiger partial charge in [0.2, 0.25) is 0 Å². The zero-order valence-corrected chi connectivity index (χ0v) is 9.96. The molecule has 19 heavy (non-hydrogen) atoms. The first-order valence-electron chi connectivity index (χ1n) is 5.80. The molecule has 0 aromatic rings. The van der Waals surface area contributed by atoms with Crippen LogP contribution in [0, 0.1) is 0 Å². The Morgan fingerprint density at radius 2 is 1.68 bits per heavy atom. The van der Waals surface area contributed by atoms with Crippen LogP contribution in [-0.2, 0) is 9.47 Å². The zero-order valence-electron chi connectivity index (χ0n) is 9.96. The molecule has 2 fully saturated rings. The molecule has 0 spiro atoms. The fourth-order valence-electron chi connectivity index (χ4n) is 2.57. The van der Waals surface area contributed by atoms with Crippen molar-refractivity contribution >= 4 is 0 Å². The van der Waals surface area contributed by atoms with E-state index in [1.54, 1.807) is 0 Å². The van der Waals surface area contributed by atoms with Gasteiger partial charge in [-0.25, -0.2) is 0 Å². The van der Waals surface area contributed by atoms with Crippen LogP contribution in [0.4, 0.5) is 0 Å². The summed E-state index contributed by atoms with van der Waals surface area (Å²) < 4.78 is 9.59. The highest BCUT2D eigenvalue weighted by atomic mass is 16.7. The number of hydrogen-bond acceptors (Lipinski definition) is 9. The van der Waals surface area contributed by atoms with Crippen LogP contribution in [0.15, 0.2) is 0 Å². The van der Waals surface area contributed by atoms with E-state index in [1.165, 1.54) is 0 Å². The summed E-state index contributed by atoms with van der Waals surface area (Å²) in [5, 5.41) is 68.6. The third-order valence-electron chi connectivity index (χ3n) is 3.82. The smallest absolute Gasteiger partial charge is 0.190 e. The third-order valence-corrected chi connectivity index (χ3v) is 3.82. The van der Waals surface area contributed by atoms with Crippen molar-refractivity contribution in [3.05, 3.63) is 0 Å². The van der Waals surface area contributed by atoms with Crippen LogP contribution in [0.1, 0.15) is 0 Å². The topological polar surface area (TPSA) is 160 Å². The van der Waals surface area contributed by atoms with Gasteiger partial charge in [0.1, 0.15) is 24.4 Å². The van der Waals surface area contributed by atoms with Crippen molar-refractivity contribution in [1.82, 2.24) is 0 Å². The molecule has 0 aromatic carbocycles. The number of rotatable bonds is 2. The molecular formula is C10H18O9. The lowest BCUT2D eigenvalue weighted by molar-refractivity contribution is -0.319. The van der Waals surface area contributed by atoms with Gasteiger partial charge in [-0.1, -0.05) is 0 Å². The first kappa shape index (κ1) is 15.0. The van der Waals surface area contributed by atoms with Crippen LogP contribution in [0.25, 0.3) is 0 Å². The molecule has 0 aromatic heterocycles. The molecule has 2 heterocycles. The summed E-state index contributed by atoms with van der Waals surface area (Å²) >= 11 is 0. The van der Waals surface area contributed by atoms with E-state index in [4.69, 9.17) is 14.6 Å². The van der Waals surface area contributed by atoms with Gasteiger partial charge in [-0.3, -0.25) is 0 Å². The molecule has 9 nitrogen and oxygen atoms in total. The predicted molar refractivity (Wildman–Crippen MR) is 56.7 cm³/mol. The van der Waals surface area contributed by atoms with Gasteiger partial charge >= 0.3 is 0 Å². The molecule has 2 aliphatic heterocycles. The Balaban J connectivity index is 2.37. The molecular weight excluding hydrogens is 264 g/mol. The van der Waals surface area contributed by atoms with Crippen LogP contribution >= 0.6 is 0 Å². The van der Waals surface area contributed by atoms with Crippen molar-refractivity contribution < 1.29 is 45.2 Å². The fourth-order valence-corrected chi connectivity index (χ4v) is 2.57. The van der Waals surface area contributed by atoms with Gasteiger partial charge in [0.05, 0.1) is 19.8 Å². The molecule has 2 aliphatic rings. The molecule has 7 N–H and O–H groups in total. The van der Waals surface area contributed by atoms with Crippen LogP contribution < -0.4 is 0 Å². The highest BCUT2D eigenvalue weighted by molar-refractivity contribution is 5.16. The maximum absolute atomic E-state index is 10.4. The molecule has 2 saturated heterocycles. The van der Waals surface area contributed by atoms with Gasteiger partial charge < -0.3 is 45.2 Å². The molecule has 7 atom stereocenters. The molecule has 0 amide bonds. The average molecular weight is 282 g/mol. The van der Waals surface area contributed by atoms with E-state index >= 15 is 0 Å². The summed E-state index contributed by atoms with van der Waals surface area (Å²) in [6.45, 7) is -1.61. The van der Waals surface area contributed by atoms with Crippen LogP contribution in [0.3, 0.4) is 0 Å². The van der Waals surface area contributed by atoms with Gasteiger partial charge in [0.15, 0.2) is 17.5 Å². The lowest BCUT2D eigenvalue weighted by Gasteiger charge is -2.49. The maximum atomic E-state index is 10.4. The Hall–Kier alpha value is -0.360. The van der Waals surface area contributed by atoms with Crippen molar-refractivity contribution in [1.29, 1.82) is 0 Å². The van der Waals surface area contributed by atoms with Gasteiger partial charge in [0.25, 0.3) is 0 Å². The Kier molecular flexibility index (Phi) is 3.86. The van der Waals surface area contributed by atoms with Gasteiger partial charge in [-0.2, -0.15) is 0 Å². The SMILES string of the molecule is OC[C@H]1O[C@H](O)[C@](O)([C@@]2(O)COC[C@@H](O)[C@@H]2O)[C@@H]1O. The molecule has 9 heteroatoms. The number of hydrogen-bond donors (Lipinski definition) is 7. The van der Waals surface area contributed by atoms with E-state index in [-0.39, 0.29) is 6.61 Å². The largest absolute Gasteiger partial charge is 0.394 e. The zero-order chi connectivity index (χ0) is 14.4. The van der Waals surface area contributed by atoms with Gasteiger partial charge in [-0.15, -0.1) is 0 Å². The number of aliphatic hydroxyl groups is 7. The van der Waals surface area contributed by atoms with E-state index in [1.807, 2.05) is 0 Å². The minimum atomic E-state index is -2.71. The lowest BCUT2D eigenvalue weighted by atomic mass is 9.72. The Labute approximate surface area is 108 Å². The minimum Gasteiger partial charge on any atom is -0.394 e. The van der Waals surface area contributed by atoms with Crippen molar-refractivity contribution in [3.8, 4) is 0 Å². The van der Waals surface area contributed by atoms with Crippen molar-refractivity contribution in [2.75, 3.05) is 19.8 Å². The second-order valence-electron chi connectivity index (χ2n) is 4.93. The molecule has 0 saturated carbocycles. The van der Waals surface area contributed by atoms with Crippen LogP contribution in [-0.4, -0.2) is 97.5 Å². The maximum Gasteiger partial charge on any atom is 0.190 e. The summed E-state index contributed by atoms with van der Waals surface area (Å²) in [6.07, 6.45) is -8.64. The van der Waals surface area contributed by atoms with Crippen molar-refractivity contribution in [3.63, 3.8) is 0 Å². The van der Waals surface area contributed by atoms with Crippen molar-refractivity contribution in [2.24, 2.45) is 0 Å². The Bertz CT molecular complexity index is 339. The summed E-state index contributed by atoms with van der Waals surface area (Å²) in [5.41, 5.74) is -5.26. The van der Waals surface area contributed by atoms with Crippen LogP contribution in [0.5, 0.6) is 0 Å². The monoisotopic (exact) mass is 282 g/mol. The normalized spacial score (nSPS) is 55.4. The Morgan fingerprint density at radius 3 is 2.21 bits per heavy atom. The van der Waals surface area contributed by atoms with E-state index in [0.29, 0.717) is 0 Å². The first-order valence-corrected chi connectivity index (χ1v) is 5.80. The molecule has 0 radical (unpaired) electrons. The second-order valence-corrected chi connectivity index (χ2v) is 4.93. The molecule has 0 aliphatic carbocycles. The summed E-state index contributed by atoms with van der Waals surface area (Å²) in [5.74, 6) is 0. The molecule has 112 valence electrons. The molecule has 0 unspecified atom stereocenters. The quantitative estimate of drug-likeness (QED) is 0.264. The van der Waals surface area contributed by atoms with Gasteiger partial charge in [-0.05, 0) is 0 Å². The number of aliphatic hydroxyl groups excluding tert-OH is 5. The second kappa shape index (κ2) is 4.88. The summed E-state index contributed by atoms with van der Waals surface area (Å²) in [4.78, 5) is 0. The minimum absolute atomic E-state index is 0.268. The standard InChI is InChI=1S/C10H18O9/c11-1-5-7(14)10(17,8(15)19-5)9(16)3-18-2-4(12)6(9)13/h4-8,11-17H,1-3H2/t4-,5-,6+,7-,8+,9-,10+/m1/s1. The number of ether oxygens (including phenoxy) is 2. The van der Waals surface area contributed by atoms with E-state index < -0.39 is 55.1 Å². The molecule has 0 bridgehead atoms. The lowest BCUT2D eigenvalue weighted by Crippen LogP contribution is -2.75. The van der Waals surface area contributed by atoms with E-state index in [9.17, 15) is 30.6 Å². The van der Waals surface area contributed by atoms with Crippen LogP contribution in [0.2, 0.25) is 0 Å². The summed E-state index contributed by atoms with van der Waals surface area (Å²) in [6, 6.07) is 0. The average Bonchev–Trinajstić information content (AvgIpc) is 2.61. The van der Waals surface area contributed by atoms with Gasteiger partial charge in [0, 0.05) is 0 Å². The highest BCUT2D eigenvalue weighted by Gasteiger charge is 2.70. The third kappa shape index (κ3) is 1.90.